The van der Waals surface area contributed by atoms with Gasteiger partial charge in [0.25, 0.3) is 5.91 Å². The van der Waals surface area contributed by atoms with E-state index in [2.05, 4.69) is 4.72 Å². The third-order valence-corrected chi connectivity index (χ3v) is 3.80. The Bertz CT molecular complexity index is 653. The number of nitrogens with one attached hydrogen (secondary N) is 1. The van der Waals surface area contributed by atoms with Gasteiger partial charge in [-0.1, -0.05) is 48.5 Å². The maximum Gasteiger partial charge on any atom is 0.296 e. The Labute approximate surface area is 121 Å². The highest BCUT2D eigenvalue weighted by Crippen LogP contribution is 2.26. The van der Waals surface area contributed by atoms with Gasteiger partial charge in [-0.25, -0.2) is 0 Å². The number of rotatable bonds is 3. The van der Waals surface area contributed by atoms with Crippen molar-refractivity contribution in [2.75, 3.05) is 0 Å². The molecule has 2 aromatic carbocycles. The van der Waals surface area contributed by atoms with E-state index in [-0.39, 0.29) is 5.91 Å². The standard InChI is InChI=1S/C16H13NO2S/c18-16-14(19-11-12-6-2-1-3-7-12)10-13-8-4-5-9-15(13)20-17-16/h1-10H,11H2,(H,17,18). The molecule has 0 radical (unpaired) electrons. The van der Waals surface area contributed by atoms with E-state index in [1.807, 2.05) is 54.6 Å². The molecule has 20 heavy (non-hydrogen) atoms. The van der Waals surface area contributed by atoms with Crippen LogP contribution in [-0.4, -0.2) is 5.91 Å². The maximum atomic E-state index is 12.0. The summed E-state index contributed by atoms with van der Waals surface area (Å²) in [6.07, 6.45) is 1.79. The molecule has 0 saturated carbocycles. The van der Waals surface area contributed by atoms with E-state index >= 15 is 0 Å². The second kappa shape index (κ2) is 5.84. The van der Waals surface area contributed by atoms with Crippen LogP contribution in [0.1, 0.15) is 11.1 Å². The predicted molar refractivity (Wildman–Crippen MR) is 79.6 cm³/mol. The Morgan fingerprint density at radius 3 is 2.60 bits per heavy atom. The lowest BCUT2D eigenvalue weighted by atomic mass is 10.2. The Hall–Kier alpha value is -2.20. The fourth-order valence-corrected chi connectivity index (χ4v) is 2.59. The number of fused-ring (bicyclic) bond motifs is 1. The van der Waals surface area contributed by atoms with Crippen molar-refractivity contribution in [1.29, 1.82) is 0 Å². The summed E-state index contributed by atoms with van der Waals surface area (Å²) >= 11 is 1.31. The molecule has 1 N–H and O–H groups in total. The average Bonchev–Trinajstić information content (AvgIpc) is 2.66. The van der Waals surface area contributed by atoms with Crippen molar-refractivity contribution >= 4 is 23.9 Å². The van der Waals surface area contributed by atoms with Crippen molar-refractivity contribution in [3.63, 3.8) is 0 Å². The summed E-state index contributed by atoms with van der Waals surface area (Å²) in [5.74, 6) is 0.133. The number of carbonyl (C=O) groups excluding carboxylic acids is 1. The van der Waals surface area contributed by atoms with Crippen LogP contribution in [0, 0.1) is 0 Å². The zero-order chi connectivity index (χ0) is 13.8. The van der Waals surface area contributed by atoms with Gasteiger partial charge in [-0.15, -0.1) is 0 Å². The van der Waals surface area contributed by atoms with E-state index in [1.165, 1.54) is 11.9 Å². The van der Waals surface area contributed by atoms with E-state index in [0.29, 0.717) is 12.4 Å². The summed E-state index contributed by atoms with van der Waals surface area (Å²) in [6.45, 7) is 0.382. The van der Waals surface area contributed by atoms with E-state index in [0.717, 1.165) is 16.0 Å². The van der Waals surface area contributed by atoms with Gasteiger partial charge in [-0.3, -0.25) is 9.52 Å². The van der Waals surface area contributed by atoms with E-state index < -0.39 is 0 Å². The lowest BCUT2D eigenvalue weighted by molar-refractivity contribution is -0.119. The predicted octanol–water partition coefficient (Wildman–Crippen LogP) is 3.38. The molecule has 0 unspecified atom stereocenters. The number of hydrogen-bond acceptors (Lipinski definition) is 3. The first-order chi connectivity index (χ1) is 9.83. The first-order valence-electron chi connectivity index (χ1n) is 6.27. The normalized spacial score (nSPS) is 13.8. The minimum Gasteiger partial charge on any atom is -0.483 e. The molecule has 3 rings (SSSR count). The Morgan fingerprint density at radius 2 is 1.75 bits per heavy atom. The van der Waals surface area contributed by atoms with Gasteiger partial charge in [-0.05, 0) is 35.2 Å². The van der Waals surface area contributed by atoms with Crippen molar-refractivity contribution in [3.05, 3.63) is 71.5 Å². The van der Waals surface area contributed by atoms with Crippen LogP contribution in [-0.2, 0) is 16.1 Å². The molecular formula is C16H13NO2S. The van der Waals surface area contributed by atoms with Gasteiger partial charge in [0, 0.05) is 4.90 Å². The maximum absolute atomic E-state index is 12.0. The van der Waals surface area contributed by atoms with Crippen molar-refractivity contribution in [2.24, 2.45) is 0 Å². The highest BCUT2D eigenvalue weighted by Gasteiger charge is 2.17. The van der Waals surface area contributed by atoms with Crippen LogP contribution in [0.4, 0.5) is 0 Å². The van der Waals surface area contributed by atoms with Crippen LogP contribution in [0.2, 0.25) is 0 Å². The molecule has 0 fully saturated rings. The van der Waals surface area contributed by atoms with Crippen LogP contribution in [0.15, 0.2) is 65.3 Å². The second-order valence-electron chi connectivity index (χ2n) is 4.35. The molecule has 1 amide bonds. The van der Waals surface area contributed by atoms with E-state index in [1.54, 1.807) is 6.08 Å². The fraction of sp³-hybridized carbons (Fsp3) is 0.0625. The van der Waals surface area contributed by atoms with Crippen LogP contribution in [0.5, 0.6) is 0 Å². The number of amides is 1. The van der Waals surface area contributed by atoms with Gasteiger partial charge in [0.2, 0.25) is 0 Å². The molecule has 0 aliphatic carbocycles. The molecule has 3 nitrogen and oxygen atoms in total. The average molecular weight is 283 g/mol. The summed E-state index contributed by atoms with van der Waals surface area (Å²) in [6, 6.07) is 17.6. The van der Waals surface area contributed by atoms with Gasteiger partial charge < -0.3 is 4.74 Å². The largest absolute Gasteiger partial charge is 0.483 e. The van der Waals surface area contributed by atoms with Gasteiger partial charge >= 0.3 is 0 Å². The second-order valence-corrected chi connectivity index (χ2v) is 5.20. The van der Waals surface area contributed by atoms with Crippen LogP contribution in [0.25, 0.3) is 6.08 Å². The lowest BCUT2D eigenvalue weighted by Crippen LogP contribution is -2.18. The zero-order valence-electron chi connectivity index (χ0n) is 10.7. The summed E-state index contributed by atoms with van der Waals surface area (Å²) in [4.78, 5) is 13.0. The molecule has 0 atom stereocenters. The quantitative estimate of drug-likeness (QED) is 0.878. The molecule has 1 aliphatic heterocycles. The number of hydrogen-bond donors (Lipinski definition) is 1. The van der Waals surface area contributed by atoms with Crippen molar-refractivity contribution in [3.8, 4) is 0 Å². The Balaban J connectivity index is 1.81. The molecule has 0 saturated heterocycles. The third-order valence-electron chi connectivity index (χ3n) is 2.92. The summed E-state index contributed by atoms with van der Waals surface area (Å²) in [5, 5.41) is 0. The van der Waals surface area contributed by atoms with Crippen molar-refractivity contribution < 1.29 is 9.53 Å². The minimum atomic E-state index is -0.206. The highest BCUT2D eigenvalue weighted by atomic mass is 32.2. The molecule has 0 bridgehead atoms. The van der Waals surface area contributed by atoms with Gasteiger partial charge in [-0.2, -0.15) is 0 Å². The topological polar surface area (TPSA) is 38.3 Å². The van der Waals surface area contributed by atoms with Gasteiger partial charge in [0.15, 0.2) is 5.76 Å². The van der Waals surface area contributed by atoms with Gasteiger partial charge in [0.05, 0.1) is 0 Å². The van der Waals surface area contributed by atoms with Gasteiger partial charge in [0.1, 0.15) is 6.61 Å². The number of carbonyl (C=O) groups is 1. The van der Waals surface area contributed by atoms with Crippen LogP contribution < -0.4 is 4.72 Å². The minimum absolute atomic E-state index is 0.206. The fourth-order valence-electron chi connectivity index (χ4n) is 1.89. The smallest absolute Gasteiger partial charge is 0.296 e. The van der Waals surface area contributed by atoms with Crippen molar-refractivity contribution in [2.45, 2.75) is 11.5 Å². The summed E-state index contributed by atoms with van der Waals surface area (Å²) in [7, 11) is 0. The van der Waals surface area contributed by atoms with E-state index in [9.17, 15) is 4.79 Å². The van der Waals surface area contributed by atoms with Crippen molar-refractivity contribution in [1.82, 2.24) is 4.72 Å². The molecule has 0 spiro atoms. The zero-order valence-corrected chi connectivity index (χ0v) is 11.5. The first-order valence-corrected chi connectivity index (χ1v) is 7.09. The molecule has 2 aromatic rings. The third kappa shape index (κ3) is 2.86. The SMILES string of the molecule is O=C1NSc2ccccc2C=C1OCc1ccccc1. The monoisotopic (exact) mass is 283 g/mol. The van der Waals surface area contributed by atoms with Crippen LogP contribution >= 0.6 is 11.9 Å². The Kier molecular flexibility index (Phi) is 3.74. The highest BCUT2D eigenvalue weighted by molar-refractivity contribution is 7.98. The molecule has 1 heterocycles. The Morgan fingerprint density at radius 1 is 1.00 bits per heavy atom. The van der Waals surface area contributed by atoms with E-state index in [4.69, 9.17) is 4.74 Å². The summed E-state index contributed by atoms with van der Waals surface area (Å²) < 4.78 is 8.43. The molecule has 100 valence electrons. The number of benzene rings is 2. The first kappa shape index (κ1) is 12.8. The lowest BCUT2D eigenvalue weighted by Gasteiger charge is -2.08. The molecule has 0 aromatic heterocycles. The van der Waals surface area contributed by atoms with Crippen LogP contribution in [0.3, 0.4) is 0 Å². The molecular weight excluding hydrogens is 270 g/mol. The summed E-state index contributed by atoms with van der Waals surface area (Å²) in [5.41, 5.74) is 2.02. The molecule has 1 aliphatic rings. The molecule has 4 heteroatoms. The number of ether oxygens (including phenoxy) is 1.